The summed E-state index contributed by atoms with van der Waals surface area (Å²) in [5.41, 5.74) is 17.3. The first-order valence-corrected chi connectivity index (χ1v) is 19.7. The van der Waals surface area contributed by atoms with Gasteiger partial charge in [-0.25, -0.2) is 0 Å². The van der Waals surface area contributed by atoms with Gasteiger partial charge in [0.05, 0.1) is 40.3 Å². The van der Waals surface area contributed by atoms with Crippen molar-refractivity contribution in [2.75, 3.05) is 10.6 Å². The van der Waals surface area contributed by atoms with E-state index in [9.17, 15) is 10.5 Å². The quantitative estimate of drug-likeness (QED) is 0.173. The Morgan fingerprint density at radius 1 is 0.492 bits per heavy atom. The number of hydrogen-bond acceptors (Lipinski definition) is 7. The lowest BCUT2D eigenvalue weighted by atomic mass is 9.95. The normalized spacial score (nSPS) is 11.6. The van der Waals surface area contributed by atoms with Crippen molar-refractivity contribution in [3.63, 3.8) is 0 Å². The zero-order chi connectivity index (χ0) is 41.5. The van der Waals surface area contributed by atoms with Gasteiger partial charge in [0, 0.05) is 43.4 Å². The summed E-state index contributed by atoms with van der Waals surface area (Å²) in [6, 6.07) is 63.5. The van der Waals surface area contributed by atoms with Crippen LogP contribution in [-0.2, 0) is 0 Å². The Morgan fingerprint density at radius 3 is 1.64 bits per heavy atom. The number of rotatable bonds is 5. The molecule has 61 heavy (non-hydrogen) atoms. The van der Waals surface area contributed by atoms with Gasteiger partial charge in [-0.3, -0.25) is 0 Å². The van der Waals surface area contributed by atoms with Gasteiger partial charge in [-0.15, -0.1) is 0 Å². The van der Waals surface area contributed by atoms with Crippen LogP contribution in [0.1, 0.15) is 16.7 Å². The van der Waals surface area contributed by atoms with Crippen molar-refractivity contribution in [1.82, 2.24) is 0 Å². The van der Waals surface area contributed by atoms with E-state index in [-0.39, 0.29) is 0 Å². The molecule has 11 aromatic rings. The summed E-state index contributed by atoms with van der Waals surface area (Å²) in [7, 11) is 0. The molecule has 0 radical (unpaired) electrons. The molecule has 8 aromatic carbocycles. The summed E-state index contributed by atoms with van der Waals surface area (Å²) >= 11 is 0. The van der Waals surface area contributed by atoms with Crippen molar-refractivity contribution in [1.29, 1.82) is 10.5 Å². The summed E-state index contributed by atoms with van der Waals surface area (Å²) in [5.74, 6) is 0. The minimum absolute atomic E-state index is 0.553. The molecule has 0 atom stereocenters. The van der Waals surface area contributed by atoms with Crippen molar-refractivity contribution in [2.24, 2.45) is 0 Å². The van der Waals surface area contributed by atoms with E-state index >= 15 is 0 Å². The maximum Gasteiger partial charge on any atom is 0.159 e. The molecule has 3 heterocycles. The number of hydrogen-bond donors (Lipinski definition) is 1. The molecule has 288 valence electrons. The van der Waals surface area contributed by atoms with Crippen LogP contribution in [0, 0.1) is 22.7 Å². The highest BCUT2D eigenvalue weighted by molar-refractivity contribution is 6.11. The number of nitrogen functional groups attached to an aromatic ring is 1. The maximum absolute atomic E-state index is 9.66. The van der Waals surface area contributed by atoms with E-state index in [1.807, 2.05) is 158 Å². The Kier molecular flexibility index (Phi) is 9.10. The van der Waals surface area contributed by atoms with E-state index in [2.05, 4.69) is 47.9 Å². The molecule has 0 aliphatic heterocycles. The summed E-state index contributed by atoms with van der Waals surface area (Å²) in [6.07, 6.45) is 0. The number of benzene rings is 8. The second kappa shape index (κ2) is 15.2. The van der Waals surface area contributed by atoms with E-state index in [0.717, 1.165) is 88.2 Å². The smallest absolute Gasteiger partial charge is 0.159 e. The van der Waals surface area contributed by atoms with Crippen LogP contribution in [0.3, 0.4) is 0 Å². The van der Waals surface area contributed by atoms with Crippen LogP contribution >= 0.6 is 0 Å². The van der Waals surface area contributed by atoms with Crippen LogP contribution in [0.15, 0.2) is 195 Å². The summed E-state index contributed by atoms with van der Waals surface area (Å²) in [4.78, 5) is 2.14. The lowest BCUT2D eigenvalue weighted by Crippen LogP contribution is -2.31. The molecule has 3 aromatic heterocycles. The van der Waals surface area contributed by atoms with E-state index < -0.39 is 0 Å². The minimum Gasteiger partial charge on any atom is -0.454 e. The first kappa shape index (κ1) is 36.6. The monoisotopic (exact) mass is 786 g/mol. The number of nitriles is 2. The highest BCUT2D eigenvalue weighted by Crippen LogP contribution is 2.43. The first-order chi connectivity index (χ1) is 30.0. The Bertz CT molecular complexity index is 3660. The highest BCUT2D eigenvalue weighted by Gasteiger charge is 2.26. The zero-order valence-corrected chi connectivity index (χ0v) is 32.7. The topological polar surface area (TPSA) is 116 Å². The summed E-state index contributed by atoms with van der Waals surface area (Å²) in [6.45, 7) is 4.53. The number of nitrogens with zero attached hydrogens (tertiary/aromatic N) is 3. The Morgan fingerprint density at radius 2 is 1.00 bits per heavy atom. The number of para-hydroxylation sites is 5. The minimum atomic E-state index is 0.553. The molecule has 7 nitrogen and oxygen atoms in total. The molecule has 0 unspecified atom stereocenters. The van der Waals surface area contributed by atoms with Crippen molar-refractivity contribution < 1.29 is 13.3 Å². The third-order valence-corrected chi connectivity index (χ3v) is 11.0. The van der Waals surface area contributed by atoms with Gasteiger partial charge in [0.15, 0.2) is 16.6 Å². The van der Waals surface area contributed by atoms with Gasteiger partial charge in [0.2, 0.25) is 0 Å². The average Bonchev–Trinajstić information content (AvgIpc) is 4.00. The molecule has 0 bridgehead atoms. The molecule has 7 heteroatoms. The van der Waals surface area contributed by atoms with Crippen LogP contribution in [-0.4, -0.2) is 0 Å². The zero-order valence-electron chi connectivity index (χ0n) is 32.7. The van der Waals surface area contributed by atoms with E-state index in [1.165, 1.54) is 0 Å². The standard InChI is InChI=1S/C42H25N3O2.C12H9NO/c1-27-32-9-4-6-15-38(32)46-41(27)40(35-12-3-2-10-33(35)30-21-17-28(25-43)18-22-30)45(31-23-19-29(26-44)20-24-31)37-14-8-13-36-34-11-5-7-16-39(34)47-42(36)37;13-10-6-3-5-9-8-4-1-2-7-11(8)14-12(9)10/h2-24H,1H2;1-7H,13H2/b41-40-;. The molecule has 0 aliphatic rings. The molecule has 2 N–H and O–H groups in total. The highest BCUT2D eigenvalue weighted by atomic mass is 16.3. The molecular weight excluding hydrogens is 753 g/mol. The molecule has 0 saturated carbocycles. The van der Waals surface area contributed by atoms with E-state index in [4.69, 9.17) is 19.0 Å². The maximum atomic E-state index is 9.66. The number of fused-ring (bicyclic) bond motifs is 7. The van der Waals surface area contributed by atoms with Crippen molar-refractivity contribution in [3.05, 3.63) is 209 Å². The first-order valence-electron chi connectivity index (χ1n) is 19.7. The number of furan rings is 3. The molecule has 0 spiro atoms. The third-order valence-electron chi connectivity index (χ3n) is 11.0. The summed E-state index contributed by atoms with van der Waals surface area (Å²) < 4.78 is 19.0. The fourth-order valence-corrected chi connectivity index (χ4v) is 8.05. The van der Waals surface area contributed by atoms with Crippen molar-refractivity contribution in [3.8, 4) is 23.3 Å². The predicted octanol–water partition coefficient (Wildman–Crippen LogP) is 12.3. The SMILES string of the molecule is C=c1/c(=C(\c2ccccc2-c2ccc(C#N)cc2)N(c2ccc(C#N)cc2)c2cccc3c2oc2ccccc23)oc2ccccc12.Nc1cccc2c1oc1ccccc12. The Labute approximate surface area is 349 Å². The van der Waals surface area contributed by atoms with Crippen LogP contribution in [0.4, 0.5) is 17.1 Å². The second-order valence-electron chi connectivity index (χ2n) is 14.6. The van der Waals surface area contributed by atoms with Crippen LogP contribution in [0.2, 0.25) is 0 Å². The lowest BCUT2D eigenvalue weighted by molar-refractivity contribution is 0.571. The van der Waals surface area contributed by atoms with E-state index in [0.29, 0.717) is 27.8 Å². The lowest BCUT2D eigenvalue weighted by Gasteiger charge is -2.29. The molecule has 0 amide bonds. The van der Waals surface area contributed by atoms with Crippen LogP contribution in [0.25, 0.3) is 78.2 Å². The van der Waals surface area contributed by atoms with Gasteiger partial charge >= 0.3 is 0 Å². The summed E-state index contributed by atoms with van der Waals surface area (Å²) in [5, 5.41) is 25.0. The largest absolute Gasteiger partial charge is 0.454 e. The third kappa shape index (κ3) is 6.40. The van der Waals surface area contributed by atoms with Crippen molar-refractivity contribution in [2.45, 2.75) is 0 Å². The van der Waals surface area contributed by atoms with Crippen LogP contribution in [0.5, 0.6) is 0 Å². The molecular formula is C54H34N4O3. The molecule has 0 saturated heterocycles. The molecule has 11 rings (SSSR count). The van der Waals surface area contributed by atoms with Gasteiger partial charge in [0.25, 0.3) is 0 Å². The Balaban J connectivity index is 0.000000267. The second-order valence-corrected chi connectivity index (χ2v) is 14.6. The molecule has 0 fully saturated rings. The number of anilines is 3. The predicted molar refractivity (Wildman–Crippen MR) is 245 cm³/mol. The van der Waals surface area contributed by atoms with Gasteiger partial charge in [-0.05, 0) is 77.9 Å². The van der Waals surface area contributed by atoms with Gasteiger partial charge in [0.1, 0.15) is 16.7 Å². The fraction of sp³-hybridized carbons (Fsp3) is 0. The van der Waals surface area contributed by atoms with Crippen LogP contribution < -0.4 is 21.3 Å². The van der Waals surface area contributed by atoms with Gasteiger partial charge in [-0.1, -0.05) is 122 Å². The van der Waals surface area contributed by atoms with Gasteiger partial charge in [-0.2, -0.15) is 10.5 Å². The average molecular weight is 787 g/mol. The fourth-order valence-electron chi connectivity index (χ4n) is 8.05. The van der Waals surface area contributed by atoms with E-state index in [1.54, 1.807) is 0 Å². The van der Waals surface area contributed by atoms with Crippen molar-refractivity contribution >= 4 is 84.2 Å². The number of nitrogens with two attached hydrogens (primary N) is 1. The molecule has 0 aliphatic carbocycles. The Hall–Kier alpha value is -8.78. The van der Waals surface area contributed by atoms with Gasteiger partial charge < -0.3 is 23.9 Å².